The molecule has 2 amide bonds. The van der Waals surface area contributed by atoms with Gasteiger partial charge >= 0.3 is 6.03 Å². The lowest BCUT2D eigenvalue weighted by Gasteiger charge is -2.28. The van der Waals surface area contributed by atoms with Crippen molar-refractivity contribution in [2.75, 3.05) is 11.4 Å². The first-order valence-corrected chi connectivity index (χ1v) is 4.58. The minimum atomic E-state index is -0.507. The van der Waals surface area contributed by atoms with Crippen LogP contribution in [0.25, 0.3) is 0 Å². The highest BCUT2D eigenvalue weighted by atomic mass is 16.3. The Kier molecular flexibility index (Phi) is 2.04. The molecule has 0 atom stereocenters. The molecule has 2 rings (SSSR count). The van der Waals surface area contributed by atoms with Crippen LogP contribution < -0.4 is 10.6 Å². The van der Waals surface area contributed by atoms with Crippen molar-refractivity contribution in [3.8, 4) is 5.75 Å². The van der Waals surface area contributed by atoms with Crippen molar-refractivity contribution >= 4 is 11.7 Å². The van der Waals surface area contributed by atoms with Gasteiger partial charge < -0.3 is 10.8 Å². The van der Waals surface area contributed by atoms with Gasteiger partial charge in [-0.05, 0) is 24.5 Å². The Morgan fingerprint density at radius 3 is 3.00 bits per heavy atom. The number of aromatic hydroxyl groups is 1. The number of anilines is 1. The molecule has 3 N–H and O–H groups in total. The number of carbonyl (C=O) groups is 1. The van der Waals surface area contributed by atoms with Crippen LogP contribution >= 0.6 is 0 Å². The maximum Gasteiger partial charge on any atom is 0.319 e. The molecule has 1 aliphatic heterocycles. The standard InChI is InChI=1S/C10H12N2O2/c11-10(14)12-6-2-4-7-3-1-5-8(13)9(7)12/h1,3,5,13H,2,4,6H2,(H2,11,14). The van der Waals surface area contributed by atoms with Crippen LogP contribution in [0.3, 0.4) is 0 Å². The van der Waals surface area contributed by atoms with E-state index in [4.69, 9.17) is 5.73 Å². The minimum Gasteiger partial charge on any atom is -0.506 e. The monoisotopic (exact) mass is 192 g/mol. The topological polar surface area (TPSA) is 66.6 Å². The summed E-state index contributed by atoms with van der Waals surface area (Å²) in [7, 11) is 0. The van der Waals surface area contributed by atoms with Gasteiger partial charge in [0.1, 0.15) is 5.75 Å². The highest BCUT2D eigenvalue weighted by Gasteiger charge is 2.23. The number of fused-ring (bicyclic) bond motifs is 1. The van der Waals surface area contributed by atoms with Crippen LogP contribution in [0, 0.1) is 0 Å². The summed E-state index contributed by atoms with van der Waals surface area (Å²) in [5.74, 6) is 0.126. The average molecular weight is 192 g/mol. The van der Waals surface area contributed by atoms with E-state index < -0.39 is 6.03 Å². The van der Waals surface area contributed by atoms with E-state index in [1.807, 2.05) is 6.07 Å². The van der Waals surface area contributed by atoms with Gasteiger partial charge in [-0.3, -0.25) is 4.90 Å². The summed E-state index contributed by atoms with van der Waals surface area (Å²) in [5.41, 5.74) is 6.78. The molecule has 0 saturated carbocycles. The number of phenolic OH excluding ortho intramolecular Hbond substituents is 1. The molecule has 0 unspecified atom stereocenters. The van der Waals surface area contributed by atoms with Crippen LogP contribution in [0.5, 0.6) is 5.75 Å². The Labute approximate surface area is 81.9 Å². The lowest BCUT2D eigenvalue weighted by atomic mass is 10.0. The molecule has 0 radical (unpaired) electrons. The molecule has 0 bridgehead atoms. The van der Waals surface area contributed by atoms with Crippen molar-refractivity contribution < 1.29 is 9.90 Å². The van der Waals surface area contributed by atoms with E-state index in [-0.39, 0.29) is 5.75 Å². The molecule has 1 aromatic rings. The Bertz CT molecular complexity index is 376. The molecule has 0 aromatic heterocycles. The van der Waals surface area contributed by atoms with E-state index in [0.717, 1.165) is 18.4 Å². The van der Waals surface area contributed by atoms with Gasteiger partial charge in [0.05, 0.1) is 5.69 Å². The molecule has 1 heterocycles. The minimum absolute atomic E-state index is 0.126. The van der Waals surface area contributed by atoms with Crippen molar-refractivity contribution in [3.05, 3.63) is 23.8 Å². The van der Waals surface area contributed by atoms with Gasteiger partial charge in [0.25, 0.3) is 0 Å². The molecule has 1 aromatic carbocycles. The average Bonchev–Trinajstić information content (AvgIpc) is 2.17. The highest BCUT2D eigenvalue weighted by Crippen LogP contribution is 2.34. The Hall–Kier alpha value is -1.71. The van der Waals surface area contributed by atoms with Gasteiger partial charge in [0.15, 0.2) is 0 Å². The van der Waals surface area contributed by atoms with E-state index in [9.17, 15) is 9.90 Å². The molecule has 0 fully saturated rings. The normalized spacial score (nSPS) is 15.0. The van der Waals surface area contributed by atoms with Crippen LogP contribution in [0.4, 0.5) is 10.5 Å². The third-order valence-corrected chi connectivity index (χ3v) is 2.46. The second-order valence-electron chi connectivity index (χ2n) is 3.38. The second kappa shape index (κ2) is 3.21. The molecular formula is C10H12N2O2. The number of carbonyl (C=O) groups excluding carboxylic acids is 1. The number of hydrogen-bond donors (Lipinski definition) is 2. The number of para-hydroxylation sites is 1. The number of phenols is 1. The number of rotatable bonds is 0. The largest absolute Gasteiger partial charge is 0.506 e. The van der Waals surface area contributed by atoms with E-state index in [1.54, 1.807) is 12.1 Å². The number of hydrogen-bond acceptors (Lipinski definition) is 2. The summed E-state index contributed by atoms with van der Waals surface area (Å²) in [6.45, 7) is 0.583. The first-order chi connectivity index (χ1) is 6.70. The number of primary amides is 1. The smallest absolute Gasteiger partial charge is 0.319 e. The summed E-state index contributed by atoms with van der Waals surface area (Å²) in [4.78, 5) is 12.5. The maximum absolute atomic E-state index is 11.1. The van der Waals surface area contributed by atoms with Crippen molar-refractivity contribution in [1.29, 1.82) is 0 Å². The summed E-state index contributed by atoms with van der Waals surface area (Å²) in [5, 5.41) is 9.63. The third kappa shape index (κ3) is 1.28. The molecule has 74 valence electrons. The van der Waals surface area contributed by atoms with Gasteiger partial charge in [-0.2, -0.15) is 0 Å². The lowest BCUT2D eigenvalue weighted by Crippen LogP contribution is -2.39. The van der Waals surface area contributed by atoms with E-state index in [1.165, 1.54) is 4.90 Å². The number of nitrogens with zero attached hydrogens (tertiary/aromatic N) is 1. The number of aryl methyl sites for hydroxylation is 1. The fourth-order valence-electron chi connectivity index (χ4n) is 1.85. The van der Waals surface area contributed by atoms with Crippen LogP contribution in [-0.4, -0.2) is 17.7 Å². The van der Waals surface area contributed by atoms with E-state index >= 15 is 0 Å². The summed E-state index contributed by atoms with van der Waals surface area (Å²) in [6, 6.07) is 4.75. The predicted molar refractivity (Wildman–Crippen MR) is 53.4 cm³/mol. The van der Waals surface area contributed by atoms with Gasteiger partial charge in [0, 0.05) is 6.54 Å². The van der Waals surface area contributed by atoms with Gasteiger partial charge in [0.2, 0.25) is 0 Å². The van der Waals surface area contributed by atoms with Crippen LogP contribution in [0.1, 0.15) is 12.0 Å². The summed E-state index contributed by atoms with van der Waals surface area (Å²) >= 11 is 0. The highest BCUT2D eigenvalue weighted by molar-refractivity contribution is 5.93. The number of nitrogens with two attached hydrogens (primary N) is 1. The first kappa shape index (κ1) is 8.87. The SMILES string of the molecule is NC(=O)N1CCCc2cccc(O)c21. The summed E-state index contributed by atoms with van der Waals surface area (Å²) in [6.07, 6.45) is 1.77. The molecular weight excluding hydrogens is 180 g/mol. The van der Waals surface area contributed by atoms with Crippen LogP contribution in [0.15, 0.2) is 18.2 Å². The van der Waals surface area contributed by atoms with Crippen molar-refractivity contribution in [2.45, 2.75) is 12.8 Å². The van der Waals surface area contributed by atoms with Crippen LogP contribution in [0.2, 0.25) is 0 Å². The molecule has 0 spiro atoms. The zero-order valence-electron chi connectivity index (χ0n) is 7.73. The fraction of sp³-hybridized carbons (Fsp3) is 0.300. The number of amides is 2. The van der Waals surface area contributed by atoms with Crippen LogP contribution in [-0.2, 0) is 6.42 Å². The van der Waals surface area contributed by atoms with Gasteiger partial charge in [-0.25, -0.2) is 4.79 Å². The molecule has 14 heavy (non-hydrogen) atoms. The Morgan fingerprint density at radius 2 is 2.29 bits per heavy atom. The maximum atomic E-state index is 11.1. The number of benzene rings is 1. The third-order valence-electron chi connectivity index (χ3n) is 2.46. The zero-order chi connectivity index (χ0) is 10.1. The Morgan fingerprint density at radius 1 is 1.50 bits per heavy atom. The van der Waals surface area contributed by atoms with Crippen molar-refractivity contribution in [1.82, 2.24) is 0 Å². The zero-order valence-corrected chi connectivity index (χ0v) is 7.73. The van der Waals surface area contributed by atoms with Crippen molar-refractivity contribution in [3.63, 3.8) is 0 Å². The van der Waals surface area contributed by atoms with E-state index in [2.05, 4.69) is 0 Å². The molecule has 4 nitrogen and oxygen atoms in total. The number of urea groups is 1. The summed E-state index contributed by atoms with van der Waals surface area (Å²) < 4.78 is 0. The molecule has 4 heteroatoms. The fourth-order valence-corrected chi connectivity index (χ4v) is 1.85. The second-order valence-corrected chi connectivity index (χ2v) is 3.38. The van der Waals surface area contributed by atoms with Gasteiger partial charge in [-0.1, -0.05) is 12.1 Å². The van der Waals surface area contributed by atoms with Crippen molar-refractivity contribution in [2.24, 2.45) is 5.73 Å². The lowest BCUT2D eigenvalue weighted by molar-refractivity contribution is 0.253. The molecule has 1 aliphatic rings. The first-order valence-electron chi connectivity index (χ1n) is 4.58. The quantitative estimate of drug-likeness (QED) is 0.649. The Balaban J connectivity index is 2.52. The molecule has 0 aliphatic carbocycles. The predicted octanol–water partition coefficient (Wildman–Crippen LogP) is 1.22. The molecule has 0 saturated heterocycles. The van der Waals surface area contributed by atoms with Gasteiger partial charge in [-0.15, -0.1) is 0 Å². The van der Waals surface area contributed by atoms with E-state index in [0.29, 0.717) is 12.2 Å².